The summed E-state index contributed by atoms with van der Waals surface area (Å²) < 4.78 is 0. The summed E-state index contributed by atoms with van der Waals surface area (Å²) in [6.07, 6.45) is 1.20. The van der Waals surface area contributed by atoms with E-state index in [0.717, 1.165) is 5.92 Å². The Morgan fingerprint density at radius 2 is 2.00 bits per heavy atom. The summed E-state index contributed by atoms with van der Waals surface area (Å²) in [7, 11) is 5.42. The van der Waals surface area contributed by atoms with Crippen molar-refractivity contribution >= 4 is 15.4 Å². The summed E-state index contributed by atoms with van der Waals surface area (Å²) in [6, 6.07) is 0. The van der Waals surface area contributed by atoms with Crippen LogP contribution in [0.15, 0.2) is 0 Å². The van der Waals surface area contributed by atoms with Gasteiger partial charge in [-0.1, -0.05) is 20.5 Å². The van der Waals surface area contributed by atoms with Gasteiger partial charge in [0, 0.05) is 0 Å². The molecule has 0 aliphatic carbocycles. The first-order valence-electron chi connectivity index (χ1n) is 2.58. The minimum Gasteiger partial charge on any atom is -0.160 e. The number of rotatable bonds is 2. The van der Waals surface area contributed by atoms with Crippen molar-refractivity contribution in [2.45, 2.75) is 13.8 Å². The fourth-order valence-electron chi connectivity index (χ4n) is 0.576. The van der Waals surface area contributed by atoms with Crippen molar-refractivity contribution in [1.29, 1.82) is 0 Å². The highest BCUT2D eigenvalue weighted by Gasteiger charge is 1.94. The van der Waals surface area contributed by atoms with E-state index in [1.54, 1.807) is 0 Å². The van der Waals surface area contributed by atoms with Crippen LogP contribution >= 0.6 is 7.80 Å². The van der Waals surface area contributed by atoms with E-state index in [1.807, 2.05) is 0 Å². The van der Waals surface area contributed by atoms with Gasteiger partial charge in [0.25, 0.3) is 0 Å². The van der Waals surface area contributed by atoms with E-state index in [1.165, 1.54) is 6.16 Å². The first-order valence-corrected chi connectivity index (χ1v) is 4.63. The van der Waals surface area contributed by atoms with Crippen LogP contribution in [0.3, 0.4) is 0 Å². The van der Waals surface area contributed by atoms with Crippen molar-refractivity contribution in [2.75, 3.05) is 12.8 Å². The maximum absolute atomic E-state index is 5.56. The molecular formula is C5H12BP. The van der Waals surface area contributed by atoms with Gasteiger partial charge in [-0.3, -0.25) is 0 Å². The molecule has 0 fully saturated rings. The van der Waals surface area contributed by atoms with E-state index in [2.05, 4.69) is 20.5 Å². The van der Waals surface area contributed by atoms with E-state index in [4.69, 9.17) is 7.57 Å². The van der Waals surface area contributed by atoms with Crippen LogP contribution in [0, 0.1) is 5.92 Å². The molecule has 0 spiro atoms. The zero-order valence-corrected chi connectivity index (χ0v) is 6.20. The number of hydrogen-bond acceptors (Lipinski definition) is 0. The second-order valence-electron chi connectivity index (χ2n) is 2.33. The van der Waals surface area contributed by atoms with E-state index in [0.29, 0.717) is 0 Å². The second-order valence-corrected chi connectivity index (χ2v) is 4.21. The van der Waals surface area contributed by atoms with Crippen molar-refractivity contribution in [1.82, 2.24) is 0 Å². The monoisotopic (exact) mass is 114 g/mol. The highest BCUT2D eigenvalue weighted by atomic mass is 31.1. The molecule has 0 aromatic rings. The molecule has 7 heavy (non-hydrogen) atoms. The predicted octanol–water partition coefficient (Wildman–Crippen LogP) is 1.84. The molecule has 1 unspecified atom stereocenters. The molecule has 2 radical (unpaired) electrons. The first kappa shape index (κ1) is 7.49. The molecule has 0 rings (SSSR count). The van der Waals surface area contributed by atoms with E-state index < -0.39 is 0 Å². The Bertz CT molecular complexity index is 37.3. The lowest BCUT2D eigenvalue weighted by molar-refractivity contribution is 0.747. The topological polar surface area (TPSA) is 0 Å². The van der Waals surface area contributed by atoms with Crippen LogP contribution in [0.2, 0.25) is 0 Å². The summed E-state index contributed by atoms with van der Waals surface area (Å²) in [6.45, 7) is 6.51. The molecule has 0 saturated heterocycles. The van der Waals surface area contributed by atoms with Crippen molar-refractivity contribution < 1.29 is 0 Å². The van der Waals surface area contributed by atoms with Crippen LogP contribution in [0.5, 0.6) is 0 Å². The lowest BCUT2D eigenvalue weighted by atomic mass is 10.3. The lowest BCUT2D eigenvalue weighted by Crippen LogP contribution is -1.91. The van der Waals surface area contributed by atoms with E-state index >= 15 is 0 Å². The first-order chi connectivity index (χ1) is 3.13. The van der Waals surface area contributed by atoms with Gasteiger partial charge in [0.1, 0.15) is 7.57 Å². The Hall–Kier alpha value is 0.495. The maximum Gasteiger partial charge on any atom is 0.108 e. The van der Waals surface area contributed by atoms with Crippen molar-refractivity contribution in [3.63, 3.8) is 0 Å². The standard InChI is InChI=1S/C5H12BP/c1-5(2)4-7(3)6/h5H,4H2,1-3H3. The Balaban J connectivity index is 2.95. The highest BCUT2D eigenvalue weighted by Crippen LogP contribution is 2.25. The van der Waals surface area contributed by atoms with Crippen LogP contribution in [-0.2, 0) is 0 Å². The average Bonchev–Trinajstić information content (AvgIpc) is 1.27. The van der Waals surface area contributed by atoms with Gasteiger partial charge >= 0.3 is 0 Å². The normalized spacial score (nSPS) is 14.9. The summed E-state index contributed by atoms with van der Waals surface area (Å²) >= 11 is 0. The zero-order valence-electron chi connectivity index (χ0n) is 5.31. The fourth-order valence-corrected chi connectivity index (χ4v) is 1.73. The van der Waals surface area contributed by atoms with Gasteiger partial charge in [0.15, 0.2) is 0 Å². The third-order valence-corrected chi connectivity index (χ3v) is 1.96. The van der Waals surface area contributed by atoms with E-state index in [9.17, 15) is 0 Å². The quantitative estimate of drug-likeness (QED) is 0.379. The fraction of sp³-hybridized carbons (Fsp3) is 1.00. The molecule has 2 heteroatoms. The Morgan fingerprint density at radius 3 is 2.00 bits per heavy atom. The lowest BCUT2D eigenvalue weighted by Gasteiger charge is -2.07. The smallest absolute Gasteiger partial charge is 0.108 e. The SMILES string of the molecule is [B]P(C)CC(C)C. The molecule has 0 aliphatic rings. The van der Waals surface area contributed by atoms with Crippen LogP contribution in [0.4, 0.5) is 0 Å². The largest absolute Gasteiger partial charge is 0.160 e. The van der Waals surface area contributed by atoms with Crippen LogP contribution in [-0.4, -0.2) is 20.4 Å². The molecule has 0 amide bonds. The van der Waals surface area contributed by atoms with Gasteiger partial charge in [0.05, 0.1) is 0 Å². The maximum atomic E-state index is 5.56. The molecule has 0 aromatic heterocycles. The predicted molar refractivity (Wildman–Crippen MR) is 38.3 cm³/mol. The van der Waals surface area contributed by atoms with Gasteiger partial charge < -0.3 is 0 Å². The third kappa shape index (κ3) is 6.49. The Labute approximate surface area is 48.8 Å². The number of hydrogen-bond donors (Lipinski definition) is 0. The van der Waals surface area contributed by atoms with Gasteiger partial charge in [-0.05, 0) is 12.1 Å². The van der Waals surface area contributed by atoms with Gasteiger partial charge in [-0.2, -0.15) is 7.80 Å². The van der Waals surface area contributed by atoms with Gasteiger partial charge in [-0.15, -0.1) is 0 Å². The van der Waals surface area contributed by atoms with Gasteiger partial charge in [-0.25, -0.2) is 0 Å². The molecule has 0 aromatic carbocycles. The summed E-state index contributed by atoms with van der Waals surface area (Å²) in [5, 5.41) is 0. The minimum absolute atomic E-state index is 0.140. The molecule has 0 saturated carbocycles. The molecule has 0 N–H and O–H groups in total. The minimum atomic E-state index is -0.140. The van der Waals surface area contributed by atoms with Crippen LogP contribution in [0.25, 0.3) is 0 Å². The highest BCUT2D eigenvalue weighted by molar-refractivity contribution is 7.81. The second kappa shape index (κ2) is 3.49. The zero-order chi connectivity index (χ0) is 5.86. The molecular weight excluding hydrogens is 102 g/mol. The molecule has 0 nitrogen and oxygen atoms in total. The van der Waals surface area contributed by atoms with Crippen molar-refractivity contribution in [2.24, 2.45) is 5.92 Å². The summed E-state index contributed by atoms with van der Waals surface area (Å²) in [4.78, 5) is 0. The van der Waals surface area contributed by atoms with Crippen molar-refractivity contribution in [3.8, 4) is 0 Å². The third-order valence-electron chi connectivity index (χ3n) is 0.653. The molecule has 0 bridgehead atoms. The molecule has 0 aliphatic heterocycles. The Kier molecular flexibility index (Phi) is 3.74. The summed E-state index contributed by atoms with van der Waals surface area (Å²) in [5.74, 6) is 0.779. The average molecular weight is 114 g/mol. The van der Waals surface area contributed by atoms with E-state index in [-0.39, 0.29) is 7.80 Å². The molecule has 40 valence electrons. The van der Waals surface area contributed by atoms with Crippen molar-refractivity contribution in [3.05, 3.63) is 0 Å². The Morgan fingerprint density at radius 1 is 1.57 bits per heavy atom. The molecule has 0 heterocycles. The van der Waals surface area contributed by atoms with Crippen LogP contribution < -0.4 is 0 Å². The van der Waals surface area contributed by atoms with Crippen LogP contribution in [0.1, 0.15) is 13.8 Å². The molecule has 1 atom stereocenters. The van der Waals surface area contributed by atoms with Gasteiger partial charge in [0.2, 0.25) is 0 Å². The summed E-state index contributed by atoms with van der Waals surface area (Å²) in [5.41, 5.74) is 0.